The average Bonchev–Trinajstić information content (AvgIpc) is 3.53. The van der Waals surface area contributed by atoms with Gasteiger partial charge in [0.1, 0.15) is 17.8 Å². The number of aliphatic hydroxyl groups is 1. The number of hydrogen-bond donors (Lipinski definition) is 3. The van der Waals surface area contributed by atoms with Crippen LogP contribution in [0, 0.1) is 24.6 Å². The number of nitrogens with zero attached hydrogens (tertiary/aromatic N) is 3. The molecule has 3 heterocycles. The Morgan fingerprint density at radius 3 is 2.63 bits per heavy atom. The van der Waals surface area contributed by atoms with E-state index in [4.69, 9.17) is 4.18 Å². The fourth-order valence-electron chi connectivity index (χ4n) is 5.58. The van der Waals surface area contributed by atoms with Crippen molar-refractivity contribution < 1.29 is 26.9 Å². The Labute approximate surface area is 250 Å². The summed E-state index contributed by atoms with van der Waals surface area (Å²) in [4.78, 5) is 26.8. The number of benzene rings is 2. The first-order chi connectivity index (χ1) is 20.4. The van der Waals surface area contributed by atoms with Gasteiger partial charge in [-0.15, -0.1) is 0 Å². The second kappa shape index (κ2) is 12.4. The average molecular weight is 610 g/mol. The highest BCUT2D eigenvalue weighted by atomic mass is 32.2. The SMILES string of the molecule is Cc1c(NC(=O)N2C[C@@H](CC(C)C)[C@@H](O)C2)cc(F)cc1-c1ncnc2[nH]c(-c3ccc(CCOS(C)(=O)=O)cc3)cc12. The van der Waals surface area contributed by atoms with Gasteiger partial charge in [-0.05, 0) is 60.6 Å². The minimum atomic E-state index is -3.49. The van der Waals surface area contributed by atoms with Gasteiger partial charge < -0.3 is 20.3 Å². The van der Waals surface area contributed by atoms with E-state index in [0.717, 1.165) is 29.5 Å². The van der Waals surface area contributed by atoms with Crippen LogP contribution in [0.1, 0.15) is 31.4 Å². The normalized spacial score (nSPS) is 17.2. The number of rotatable bonds is 9. The summed E-state index contributed by atoms with van der Waals surface area (Å²) >= 11 is 0. The zero-order valence-corrected chi connectivity index (χ0v) is 25.4. The van der Waals surface area contributed by atoms with Crippen molar-refractivity contribution in [3.05, 3.63) is 65.7 Å². The predicted molar refractivity (Wildman–Crippen MR) is 163 cm³/mol. The maximum absolute atomic E-state index is 15.0. The largest absolute Gasteiger partial charge is 0.391 e. The zero-order chi connectivity index (χ0) is 30.9. The van der Waals surface area contributed by atoms with Crippen molar-refractivity contribution in [2.24, 2.45) is 11.8 Å². The summed E-state index contributed by atoms with van der Waals surface area (Å²) in [6.45, 7) is 6.72. The molecule has 43 heavy (non-hydrogen) atoms. The molecule has 0 radical (unpaired) electrons. The number of aromatic amines is 1. The van der Waals surface area contributed by atoms with Crippen molar-refractivity contribution in [2.45, 2.75) is 39.7 Å². The van der Waals surface area contributed by atoms with Crippen molar-refractivity contribution in [3.63, 3.8) is 0 Å². The second-order valence-corrected chi connectivity index (χ2v) is 13.2. The molecule has 2 aromatic heterocycles. The molecule has 228 valence electrons. The molecule has 0 unspecified atom stereocenters. The molecule has 0 saturated carbocycles. The number of likely N-dealkylation sites (tertiary alicyclic amines) is 1. The number of nitrogens with one attached hydrogen (secondary N) is 2. The molecule has 0 aliphatic carbocycles. The number of carbonyl (C=O) groups is 1. The Morgan fingerprint density at radius 2 is 1.93 bits per heavy atom. The monoisotopic (exact) mass is 609 g/mol. The topological polar surface area (TPSA) is 138 Å². The number of H-pyrrole nitrogens is 1. The molecule has 3 N–H and O–H groups in total. The van der Waals surface area contributed by atoms with Gasteiger partial charge in [0.05, 0.1) is 24.7 Å². The molecular weight excluding hydrogens is 573 g/mol. The third-order valence-corrected chi connectivity index (χ3v) is 8.31. The van der Waals surface area contributed by atoms with Gasteiger partial charge in [-0.3, -0.25) is 4.18 Å². The van der Waals surface area contributed by atoms with Gasteiger partial charge in [0, 0.05) is 41.3 Å². The maximum Gasteiger partial charge on any atom is 0.321 e. The molecule has 2 aromatic carbocycles. The molecule has 4 aromatic rings. The van der Waals surface area contributed by atoms with Crippen molar-refractivity contribution in [1.29, 1.82) is 0 Å². The van der Waals surface area contributed by atoms with E-state index in [1.54, 1.807) is 11.8 Å². The van der Waals surface area contributed by atoms with E-state index in [1.807, 2.05) is 30.3 Å². The van der Waals surface area contributed by atoms with E-state index in [1.165, 1.54) is 18.5 Å². The summed E-state index contributed by atoms with van der Waals surface area (Å²) in [5.41, 5.74) is 5.18. The molecule has 5 rings (SSSR count). The van der Waals surface area contributed by atoms with Gasteiger partial charge in [0.2, 0.25) is 0 Å². The molecule has 10 nitrogen and oxygen atoms in total. The fourth-order valence-corrected chi connectivity index (χ4v) is 5.96. The summed E-state index contributed by atoms with van der Waals surface area (Å²) in [7, 11) is -3.49. The van der Waals surface area contributed by atoms with Crippen LogP contribution in [0.2, 0.25) is 0 Å². The Morgan fingerprint density at radius 1 is 1.19 bits per heavy atom. The first-order valence-corrected chi connectivity index (χ1v) is 16.0. The molecule has 0 spiro atoms. The lowest BCUT2D eigenvalue weighted by Crippen LogP contribution is -2.34. The van der Waals surface area contributed by atoms with Crippen molar-refractivity contribution in [1.82, 2.24) is 19.9 Å². The lowest BCUT2D eigenvalue weighted by Gasteiger charge is -2.19. The first kappa shape index (κ1) is 30.6. The van der Waals surface area contributed by atoms with Crippen LogP contribution in [0.25, 0.3) is 33.5 Å². The van der Waals surface area contributed by atoms with Gasteiger partial charge >= 0.3 is 6.03 Å². The Balaban J connectivity index is 1.38. The molecule has 1 aliphatic heterocycles. The number of aromatic nitrogens is 3. The van der Waals surface area contributed by atoms with Crippen LogP contribution < -0.4 is 5.32 Å². The fraction of sp³-hybridized carbons (Fsp3) is 0.387. The highest BCUT2D eigenvalue weighted by Gasteiger charge is 2.34. The molecule has 1 fully saturated rings. The van der Waals surface area contributed by atoms with Crippen molar-refractivity contribution in [3.8, 4) is 22.5 Å². The van der Waals surface area contributed by atoms with Crippen LogP contribution in [0.4, 0.5) is 14.9 Å². The van der Waals surface area contributed by atoms with Gasteiger partial charge in [-0.1, -0.05) is 38.1 Å². The number of hydrogen-bond acceptors (Lipinski definition) is 7. The summed E-state index contributed by atoms with van der Waals surface area (Å²) in [6, 6.07) is 11.8. The summed E-state index contributed by atoms with van der Waals surface area (Å²) in [6.07, 6.45) is 3.12. The minimum Gasteiger partial charge on any atom is -0.391 e. The lowest BCUT2D eigenvalue weighted by molar-refractivity contribution is 0.132. The van der Waals surface area contributed by atoms with Crippen LogP contribution in [0.3, 0.4) is 0 Å². The Hall–Kier alpha value is -3.87. The standard InChI is InChI=1S/C31H36FN5O5S/c1-18(2)11-22-15-37(16-28(22)38)31(39)36-26-13-23(32)12-24(19(26)3)29-25-14-27(35-30(25)34-17-33-29)21-7-5-20(6-8-21)9-10-42-43(4,40)41/h5-8,12-14,17-18,22,28,38H,9-11,15-16H2,1-4H3,(H,36,39)(H,33,34,35)/t22-,28+/m1/s1. The number of β-amino-alcohol motifs (C(OH)–C–C–N with tert-alkyl or cyclic N) is 1. The van der Waals surface area contributed by atoms with E-state index in [2.05, 4.69) is 34.1 Å². The number of aliphatic hydroxyl groups excluding tert-OH is 1. The third-order valence-electron chi connectivity index (χ3n) is 7.72. The maximum atomic E-state index is 15.0. The van der Waals surface area contributed by atoms with Crippen LogP contribution >= 0.6 is 0 Å². The lowest BCUT2D eigenvalue weighted by atomic mass is 9.95. The van der Waals surface area contributed by atoms with E-state index in [-0.39, 0.29) is 25.1 Å². The molecule has 1 aliphatic rings. The molecule has 2 amide bonds. The van der Waals surface area contributed by atoms with Crippen molar-refractivity contribution in [2.75, 3.05) is 31.3 Å². The van der Waals surface area contributed by atoms with Crippen molar-refractivity contribution >= 4 is 32.9 Å². The van der Waals surface area contributed by atoms with Gasteiger partial charge in [0.15, 0.2) is 0 Å². The summed E-state index contributed by atoms with van der Waals surface area (Å²) < 4.78 is 42.2. The number of carbonyl (C=O) groups excluding carboxylic acids is 1. The first-order valence-electron chi connectivity index (χ1n) is 14.2. The molecule has 12 heteroatoms. The molecular formula is C31H36FN5O5S. The number of halogens is 1. The number of urea groups is 1. The van der Waals surface area contributed by atoms with Gasteiger partial charge in [-0.2, -0.15) is 8.42 Å². The molecule has 1 saturated heterocycles. The van der Waals surface area contributed by atoms with E-state index >= 15 is 0 Å². The highest BCUT2D eigenvalue weighted by molar-refractivity contribution is 7.85. The van der Waals surface area contributed by atoms with E-state index < -0.39 is 22.0 Å². The molecule has 0 bridgehead atoms. The predicted octanol–water partition coefficient (Wildman–Crippen LogP) is 5.13. The number of anilines is 1. The zero-order valence-electron chi connectivity index (χ0n) is 24.6. The van der Waals surface area contributed by atoms with Crippen LogP contribution in [-0.4, -0.2) is 71.5 Å². The van der Waals surface area contributed by atoms with Crippen LogP contribution in [-0.2, 0) is 20.7 Å². The summed E-state index contributed by atoms with van der Waals surface area (Å²) in [5.74, 6) is -0.104. The van der Waals surface area contributed by atoms with Gasteiger partial charge in [0.25, 0.3) is 10.1 Å². The molecule has 2 atom stereocenters. The second-order valence-electron chi connectivity index (χ2n) is 11.6. The van der Waals surface area contributed by atoms with E-state index in [0.29, 0.717) is 52.4 Å². The minimum absolute atomic E-state index is 0.0112. The van der Waals surface area contributed by atoms with Gasteiger partial charge in [-0.25, -0.2) is 19.2 Å². The Bertz CT molecular complexity index is 1740. The third kappa shape index (κ3) is 7.20. The number of fused-ring (bicyclic) bond motifs is 1. The number of amides is 2. The van der Waals surface area contributed by atoms with Crippen LogP contribution in [0.5, 0.6) is 0 Å². The Kier molecular flexibility index (Phi) is 8.81. The highest BCUT2D eigenvalue weighted by Crippen LogP contribution is 2.35. The quantitative estimate of drug-likeness (QED) is 0.224. The smallest absolute Gasteiger partial charge is 0.321 e. The van der Waals surface area contributed by atoms with Crippen LogP contribution in [0.15, 0.2) is 48.8 Å². The van der Waals surface area contributed by atoms with E-state index in [9.17, 15) is 22.7 Å². The summed E-state index contributed by atoms with van der Waals surface area (Å²) in [5, 5.41) is 14.0.